The molecule has 100 valence electrons. The maximum Gasteiger partial charge on any atom is 0.347 e. The van der Waals surface area contributed by atoms with Gasteiger partial charge in [0.15, 0.2) is 16.8 Å². The molecule has 0 radical (unpaired) electrons. The summed E-state index contributed by atoms with van der Waals surface area (Å²) >= 11 is 3.79. The molecule has 0 aliphatic rings. The van der Waals surface area contributed by atoms with Gasteiger partial charge in [-0.15, -0.1) is 0 Å². The number of rotatable bonds is 3. The van der Waals surface area contributed by atoms with Crippen molar-refractivity contribution in [2.24, 2.45) is 0 Å². The van der Waals surface area contributed by atoms with Gasteiger partial charge >= 0.3 is 5.97 Å². The Morgan fingerprint density at radius 1 is 1.42 bits per heavy atom. The van der Waals surface area contributed by atoms with E-state index in [-0.39, 0.29) is 25.9 Å². The third-order valence-electron chi connectivity index (χ3n) is 2.23. The second-order valence-corrected chi connectivity index (χ2v) is 5.52. The highest BCUT2D eigenvalue weighted by Crippen LogP contribution is 2.30. The van der Waals surface area contributed by atoms with Crippen LogP contribution in [0.2, 0.25) is 0 Å². The molecule has 1 heterocycles. The molecule has 0 spiro atoms. The van der Waals surface area contributed by atoms with E-state index in [0.29, 0.717) is 0 Å². The van der Waals surface area contributed by atoms with E-state index in [0.717, 1.165) is 23.5 Å². The third kappa shape index (κ3) is 2.90. The van der Waals surface area contributed by atoms with Crippen molar-refractivity contribution in [3.8, 4) is 0 Å². The monoisotopic (exact) mass is 348 g/mol. The predicted molar refractivity (Wildman–Crippen MR) is 71.2 cm³/mol. The van der Waals surface area contributed by atoms with Gasteiger partial charge in [-0.3, -0.25) is 0 Å². The number of aryl methyl sites for hydroxylation is 1. The van der Waals surface area contributed by atoms with E-state index in [1.54, 1.807) is 0 Å². The summed E-state index contributed by atoms with van der Waals surface area (Å²) in [4.78, 5) is 14.8. The number of aromatic nitrogens is 1. The number of aromatic carboxylic acids is 1. The van der Waals surface area contributed by atoms with Gasteiger partial charge in [0.1, 0.15) is 10.6 Å². The second kappa shape index (κ2) is 5.22. The molecule has 1 aromatic carbocycles. The maximum absolute atomic E-state index is 13.6. The van der Waals surface area contributed by atoms with Crippen molar-refractivity contribution < 1.29 is 18.7 Å². The number of carboxylic acids is 1. The number of thiazole rings is 1. The van der Waals surface area contributed by atoms with Crippen LogP contribution in [0.5, 0.6) is 0 Å². The number of nitrogens with zero attached hydrogens (tertiary/aromatic N) is 1. The largest absolute Gasteiger partial charge is 0.477 e. The highest BCUT2D eigenvalue weighted by Gasteiger charge is 2.17. The lowest BCUT2D eigenvalue weighted by molar-refractivity contribution is 0.0701. The Bertz CT molecular complexity index is 637. The van der Waals surface area contributed by atoms with Gasteiger partial charge in [0.25, 0.3) is 0 Å². The van der Waals surface area contributed by atoms with Gasteiger partial charge in [-0.1, -0.05) is 27.3 Å². The minimum atomic E-state index is -1.13. The van der Waals surface area contributed by atoms with Crippen molar-refractivity contribution in [3.05, 3.63) is 38.8 Å². The molecule has 2 rings (SSSR count). The number of benzene rings is 1. The van der Waals surface area contributed by atoms with E-state index < -0.39 is 17.6 Å². The molecule has 0 saturated carbocycles. The molecule has 0 aliphatic carbocycles. The van der Waals surface area contributed by atoms with Crippen LogP contribution < -0.4 is 5.32 Å². The smallest absolute Gasteiger partial charge is 0.347 e. The van der Waals surface area contributed by atoms with Crippen LogP contribution >= 0.6 is 27.3 Å². The van der Waals surface area contributed by atoms with Crippen LogP contribution in [0, 0.1) is 18.6 Å². The summed E-state index contributed by atoms with van der Waals surface area (Å²) < 4.78 is 27.5. The summed E-state index contributed by atoms with van der Waals surface area (Å²) in [5.41, 5.74) is -0.0770. The molecule has 8 heteroatoms. The van der Waals surface area contributed by atoms with Crippen molar-refractivity contribution in [2.45, 2.75) is 6.92 Å². The Hall–Kier alpha value is -1.54. The number of halogens is 3. The summed E-state index contributed by atoms with van der Waals surface area (Å²) in [6, 6.07) is 2.20. The lowest BCUT2D eigenvalue weighted by Gasteiger charge is -2.06. The molecule has 0 unspecified atom stereocenters. The number of carbonyl (C=O) groups is 1. The summed E-state index contributed by atoms with van der Waals surface area (Å²) in [5, 5.41) is 11.5. The van der Waals surface area contributed by atoms with Crippen LogP contribution in [0.3, 0.4) is 0 Å². The van der Waals surface area contributed by atoms with Crippen LogP contribution in [-0.4, -0.2) is 16.1 Å². The minimum Gasteiger partial charge on any atom is -0.477 e. The fourth-order valence-corrected chi connectivity index (χ4v) is 2.63. The molecule has 0 amide bonds. The fourth-order valence-electron chi connectivity index (χ4n) is 1.42. The first-order chi connectivity index (χ1) is 8.88. The summed E-state index contributed by atoms with van der Waals surface area (Å²) in [7, 11) is 0. The van der Waals surface area contributed by atoms with Crippen LogP contribution in [0.25, 0.3) is 0 Å². The van der Waals surface area contributed by atoms with E-state index in [9.17, 15) is 13.6 Å². The molecule has 0 atom stereocenters. The van der Waals surface area contributed by atoms with Gasteiger partial charge in [0.05, 0.1) is 5.69 Å². The maximum atomic E-state index is 13.6. The number of carboxylic acid groups (broad SMARTS) is 1. The zero-order chi connectivity index (χ0) is 14.2. The number of hydrogen-bond donors (Lipinski definition) is 2. The molecule has 0 bridgehead atoms. The van der Waals surface area contributed by atoms with Gasteiger partial charge in [-0.2, -0.15) is 0 Å². The Morgan fingerprint density at radius 2 is 2.00 bits per heavy atom. The third-order valence-corrected chi connectivity index (χ3v) is 3.75. The van der Waals surface area contributed by atoms with Crippen LogP contribution in [0.4, 0.5) is 19.6 Å². The minimum absolute atomic E-state index is 0.0282. The summed E-state index contributed by atoms with van der Waals surface area (Å²) in [6.45, 7) is 1.51. The van der Waals surface area contributed by atoms with Crippen molar-refractivity contribution in [1.29, 1.82) is 0 Å². The number of nitrogens with one attached hydrogen (secondary N) is 1. The molecular weight excluding hydrogens is 342 g/mol. The highest BCUT2D eigenvalue weighted by molar-refractivity contribution is 9.10. The molecule has 0 fully saturated rings. The molecule has 0 aliphatic heterocycles. The Morgan fingerprint density at radius 3 is 2.47 bits per heavy atom. The summed E-state index contributed by atoms with van der Waals surface area (Å²) in [5.74, 6) is -2.71. The lowest BCUT2D eigenvalue weighted by atomic mass is 10.3. The van der Waals surface area contributed by atoms with Crippen molar-refractivity contribution in [1.82, 2.24) is 4.98 Å². The molecular formula is C11H7BrF2N2O2S. The lowest BCUT2D eigenvalue weighted by Crippen LogP contribution is -1.97. The zero-order valence-electron chi connectivity index (χ0n) is 9.50. The first kappa shape index (κ1) is 13.9. The molecule has 0 saturated heterocycles. The van der Waals surface area contributed by atoms with E-state index in [1.807, 2.05) is 0 Å². The van der Waals surface area contributed by atoms with Gasteiger partial charge < -0.3 is 10.4 Å². The molecule has 2 aromatic rings. The van der Waals surface area contributed by atoms with Gasteiger partial charge in [0.2, 0.25) is 0 Å². The predicted octanol–water partition coefficient (Wildman–Crippen LogP) is 3.93. The Labute approximate surface area is 119 Å². The highest BCUT2D eigenvalue weighted by atomic mass is 79.9. The van der Waals surface area contributed by atoms with E-state index in [2.05, 4.69) is 26.2 Å². The first-order valence-corrected chi connectivity index (χ1v) is 6.61. The van der Waals surface area contributed by atoms with Crippen molar-refractivity contribution >= 4 is 44.1 Å². The topological polar surface area (TPSA) is 62.2 Å². The molecule has 4 nitrogen and oxygen atoms in total. The van der Waals surface area contributed by atoms with Crippen LogP contribution in [0.1, 0.15) is 15.4 Å². The van der Waals surface area contributed by atoms with Gasteiger partial charge in [-0.25, -0.2) is 18.6 Å². The molecule has 1 aromatic heterocycles. The fraction of sp³-hybridized carbons (Fsp3) is 0.0909. The Balaban J connectivity index is 2.37. The average molecular weight is 349 g/mol. The van der Waals surface area contributed by atoms with Gasteiger partial charge in [-0.05, 0) is 19.1 Å². The Kier molecular flexibility index (Phi) is 3.81. The second-order valence-electron chi connectivity index (χ2n) is 3.61. The van der Waals surface area contributed by atoms with Crippen LogP contribution in [0.15, 0.2) is 16.6 Å². The quantitative estimate of drug-likeness (QED) is 0.881. The molecule has 19 heavy (non-hydrogen) atoms. The standard InChI is InChI=1S/C11H7BrF2N2O2S/c1-4-9(10(17)18)19-11(15-4)16-8-6(13)2-5(12)3-7(8)14/h2-3H,1H3,(H,15,16)(H,17,18). The first-order valence-electron chi connectivity index (χ1n) is 5.00. The van der Waals surface area contributed by atoms with Crippen molar-refractivity contribution in [3.63, 3.8) is 0 Å². The van der Waals surface area contributed by atoms with Crippen molar-refractivity contribution in [2.75, 3.05) is 5.32 Å². The van der Waals surface area contributed by atoms with Crippen LogP contribution in [-0.2, 0) is 0 Å². The van der Waals surface area contributed by atoms with E-state index in [1.165, 1.54) is 6.92 Å². The number of hydrogen-bond acceptors (Lipinski definition) is 4. The van der Waals surface area contributed by atoms with E-state index >= 15 is 0 Å². The van der Waals surface area contributed by atoms with Gasteiger partial charge in [0, 0.05) is 4.47 Å². The number of anilines is 2. The molecule has 2 N–H and O–H groups in total. The average Bonchev–Trinajstić information content (AvgIpc) is 2.65. The summed E-state index contributed by atoms with van der Waals surface area (Å²) in [6.07, 6.45) is 0. The SMILES string of the molecule is Cc1nc(Nc2c(F)cc(Br)cc2F)sc1C(=O)O. The normalized spacial score (nSPS) is 10.5. The van der Waals surface area contributed by atoms with E-state index in [4.69, 9.17) is 5.11 Å². The zero-order valence-corrected chi connectivity index (χ0v) is 11.9.